The SMILES string of the molecule is NC(=O)CC(NC(=O)C(Cc1ccc(O)cc1)NC(=O)C(N)CC(=O)O)C(=O)NC(CCCN=C(N)N)C(=O)O. The Morgan fingerprint density at radius 1 is 0.800 bits per heavy atom. The Kier molecular flexibility index (Phi) is 13.3. The molecule has 17 nitrogen and oxygen atoms in total. The van der Waals surface area contributed by atoms with E-state index in [1.807, 2.05) is 0 Å². The van der Waals surface area contributed by atoms with Gasteiger partial charge in [0.1, 0.15) is 23.9 Å². The number of carboxylic acid groups (broad SMARTS) is 2. The Hall–Kier alpha value is -4.93. The molecule has 0 aliphatic heterocycles. The second kappa shape index (κ2) is 16.1. The fourth-order valence-electron chi connectivity index (χ4n) is 3.35. The molecule has 14 N–H and O–H groups in total. The highest BCUT2D eigenvalue weighted by Gasteiger charge is 2.31. The largest absolute Gasteiger partial charge is 0.508 e. The van der Waals surface area contributed by atoms with E-state index in [-0.39, 0.29) is 37.5 Å². The molecule has 0 spiro atoms. The monoisotopic (exact) mass is 566 g/mol. The zero-order valence-corrected chi connectivity index (χ0v) is 21.4. The maximum Gasteiger partial charge on any atom is 0.326 e. The Balaban J connectivity index is 3.11. The maximum atomic E-state index is 13.2. The first-order chi connectivity index (χ1) is 18.7. The summed E-state index contributed by atoms with van der Waals surface area (Å²) in [7, 11) is 0. The molecule has 0 bridgehead atoms. The van der Waals surface area contributed by atoms with Crippen LogP contribution in [0.5, 0.6) is 5.75 Å². The van der Waals surface area contributed by atoms with Gasteiger partial charge in [-0.05, 0) is 30.5 Å². The number of phenolic OH excluding ortho intramolecular Hbond substituents is 1. The highest BCUT2D eigenvalue weighted by atomic mass is 16.4. The van der Waals surface area contributed by atoms with Crippen LogP contribution in [0.2, 0.25) is 0 Å². The van der Waals surface area contributed by atoms with E-state index in [2.05, 4.69) is 20.9 Å². The van der Waals surface area contributed by atoms with Gasteiger partial charge in [-0.3, -0.25) is 29.0 Å². The standard InChI is InChI=1S/C23H34N8O9/c24-13(9-18(34)35)19(36)30-15(8-11-3-5-12(32)6-4-11)20(37)31-16(10-17(25)33)21(38)29-14(22(39)40)2-1-7-28-23(26)27/h3-6,13-16,32H,1-2,7-10,24H2,(H2,25,33)(H,29,38)(H,30,36)(H,31,37)(H,34,35)(H,39,40)(H4,26,27,28). The van der Waals surface area contributed by atoms with Crippen LogP contribution in [0.3, 0.4) is 0 Å². The number of aliphatic imine (C=N–C) groups is 1. The molecular formula is C23H34N8O9. The topological polar surface area (TPSA) is 316 Å². The minimum atomic E-state index is -1.63. The van der Waals surface area contributed by atoms with Crippen LogP contribution in [0, 0.1) is 0 Å². The third-order valence-corrected chi connectivity index (χ3v) is 5.34. The number of hydrogen-bond acceptors (Lipinski definition) is 9. The van der Waals surface area contributed by atoms with Crippen LogP contribution in [0.15, 0.2) is 29.3 Å². The molecular weight excluding hydrogens is 532 g/mol. The molecule has 17 heteroatoms. The number of benzene rings is 1. The van der Waals surface area contributed by atoms with Crippen molar-refractivity contribution in [3.8, 4) is 5.75 Å². The van der Waals surface area contributed by atoms with Crippen LogP contribution in [0.25, 0.3) is 0 Å². The lowest BCUT2D eigenvalue weighted by atomic mass is 10.0. The number of guanidine groups is 1. The van der Waals surface area contributed by atoms with Gasteiger partial charge >= 0.3 is 11.9 Å². The second-order valence-corrected chi connectivity index (χ2v) is 8.72. The highest BCUT2D eigenvalue weighted by molar-refractivity contribution is 5.96. The zero-order valence-electron chi connectivity index (χ0n) is 21.4. The third-order valence-electron chi connectivity index (χ3n) is 5.34. The van der Waals surface area contributed by atoms with Crippen LogP contribution in [0.4, 0.5) is 0 Å². The number of carboxylic acids is 2. The Labute approximate surface area is 228 Å². The Morgan fingerprint density at radius 2 is 1.35 bits per heavy atom. The van der Waals surface area contributed by atoms with Crippen molar-refractivity contribution in [3.05, 3.63) is 29.8 Å². The number of phenols is 1. The maximum absolute atomic E-state index is 13.2. The molecule has 0 fully saturated rings. The molecule has 40 heavy (non-hydrogen) atoms. The number of aromatic hydroxyl groups is 1. The number of amides is 4. The van der Waals surface area contributed by atoms with Gasteiger partial charge in [0.2, 0.25) is 23.6 Å². The van der Waals surface area contributed by atoms with Crippen molar-refractivity contribution in [3.63, 3.8) is 0 Å². The summed E-state index contributed by atoms with van der Waals surface area (Å²) in [4.78, 5) is 76.4. The fraction of sp³-hybridized carbons (Fsp3) is 0.435. The average molecular weight is 567 g/mol. The van der Waals surface area contributed by atoms with E-state index in [1.165, 1.54) is 24.3 Å². The van der Waals surface area contributed by atoms with E-state index < -0.39 is 72.6 Å². The lowest BCUT2D eigenvalue weighted by molar-refractivity contribution is -0.142. The molecule has 0 aromatic heterocycles. The van der Waals surface area contributed by atoms with Crippen molar-refractivity contribution in [2.24, 2.45) is 27.9 Å². The second-order valence-electron chi connectivity index (χ2n) is 8.72. The highest BCUT2D eigenvalue weighted by Crippen LogP contribution is 2.12. The molecule has 1 rings (SSSR count). The lowest BCUT2D eigenvalue weighted by Crippen LogP contribution is -2.58. The summed E-state index contributed by atoms with van der Waals surface area (Å²) in [5.41, 5.74) is 21.7. The van der Waals surface area contributed by atoms with Crippen LogP contribution < -0.4 is 38.9 Å². The van der Waals surface area contributed by atoms with Crippen molar-refractivity contribution in [2.75, 3.05) is 6.54 Å². The number of nitrogens with two attached hydrogens (primary N) is 4. The minimum absolute atomic E-state index is 0.0678. The summed E-state index contributed by atoms with van der Waals surface area (Å²) >= 11 is 0. The number of aliphatic carboxylic acids is 2. The van der Waals surface area contributed by atoms with Crippen molar-refractivity contribution < 1.29 is 44.1 Å². The number of carbonyl (C=O) groups is 6. The third kappa shape index (κ3) is 12.5. The molecule has 1 aromatic rings. The van der Waals surface area contributed by atoms with Crippen LogP contribution >= 0.6 is 0 Å². The van der Waals surface area contributed by atoms with E-state index in [0.717, 1.165) is 0 Å². The average Bonchev–Trinajstić information content (AvgIpc) is 2.85. The lowest BCUT2D eigenvalue weighted by Gasteiger charge is -2.24. The van der Waals surface area contributed by atoms with Crippen LogP contribution in [-0.2, 0) is 35.2 Å². The molecule has 4 unspecified atom stereocenters. The molecule has 220 valence electrons. The van der Waals surface area contributed by atoms with Gasteiger partial charge in [0, 0.05) is 13.0 Å². The first kappa shape index (κ1) is 33.1. The number of rotatable bonds is 17. The van der Waals surface area contributed by atoms with E-state index in [1.54, 1.807) is 0 Å². The summed E-state index contributed by atoms with van der Waals surface area (Å²) in [6, 6.07) is -0.427. The fourth-order valence-corrected chi connectivity index (χ4v) is 3.35. The van der Waals surface area contributed by atoms with Gasteiger partial charge < -0.3 is 54.2 Å². The molecule has 0 radical (unpaired) electrons. The summed E-state index contributed by atoms with van der Waals surface area (Å²) in [5, 5.41) is 34.7. The molecule has 0 heterocycles. The van der Waals surface area contributed by atoms with Gasteiger partial charge in [-0.1, -0.05) is 12.1 Å². The van der Waals surface area contributed by atoms with E-state index in [0.29, 0.717) is 5.56 Å². The summed E-state index contributed by atoms with van der Waals surface area (Å²) in [6.45, 7) is 0.0894. The smallest absolute Gasteiger partial charge is 0.326 e. The van der Waals surface area contributed by atoms with Crippen LogP contribution in [-0.4, -0.2) is 87.6 Å². The van der Waals surface area contributed by atoms with E-state index in [4.69, 9.17) is 28.0 Å². The zero-order chi connectivity index (χ0) is 30.4. The van der Waals surface area contributed by atoms with Gasteiger partial charge in [0.15, 0.2) is 5.96 Å². The molecule has 0 aliphatic rings. The number of nitrogens with one attached hydrogen (secondary N) is 3. The number of carbonyl (C=O) groups excluding carboxylic acids is 4. The first-order valence-corrected chi connectivity index (χ1v) is 11.9. The predicted octanol–water partition coefficient (Wildman–Crippen LogP) is -3.80. The van der Waals surface area contributed by atoms with E-state index >= 15 is 0 Å². The molecule has 0 aliphatic carbocycles. The Bertz CT molecular complexity index is 1110. The van der Waals surface area contributed by atoms with Crippen molar-refractivity contribution in [2.45, 2.75) is 56.3 Å². The van der Waals surface area contributed by atoms with Gasteiger partial charge in [-0.25, -0.2) is 4.79 Å². The Morgan fingerprint density at radius 3 is 1.88 bits per heavy atom. The number of hydrogen-bond donors (Lipinski definition) is 10. The van der Waals surface area contributed by atoms with Gasteiger partial charge in [-0.15, -0.1) is 0 Å². The first-order valence-electron chi connectivity index (χ1n) is 11.9. The molecule has 1 aromatic carbocycles. The molecule has 0 saturated heterocycles. The minimum Gasteiger partial charge on any atom is -0.508 e. The summed E-state index contributed by atoms with van der Waals surface area (Å²) in [5.74, 6) is -7.02. The normalized spacial score (nSPS) is 13.5. The van der Waals surface area contributed by atoms with Crippen molar-refractivity contribution in [1.82, 2.24) is 16.0 Å². The molecule has 0 saturated carbocycles. The summed E-state index contributed by atoms with van der Waals surface area (Å²) < 4.78 is 0. The summed E-state index contributed by atoms with van der Waals surface area (Å²) in [6.07, 6.45) is -1.54. The molecule has 4 amide bonds. The quantitative estimate of drug-likeness (QED) is 0.0493. The van der Waals surface area contributed by atoms with Crippen molar-refractivity contribution in [1.29, 1.82) is 0 Å². The van der Waals surface area contributed by atoms with Gasteiger partial charge in [-0.2, -0.15) is 0 Å². The van der Waals surface area contributed by atoms with Crippen LogP contribution in [0.1, 0.15) is 31.2 Å². The predicted molar refractivity (Wildman–Crippen MR) is 139 cm³/mol. The van der Waals surface area contributed by atoms with Crippen molar-refractivity contribution >= 4 is 41.5 Å². The van der Waals surface area contributed by atoms with E-state index in [9.17, 15) is 39.0 Å². The van der Waals surface area contributed by atoms with Gasteiger partial charge in [0.25, 0.3) is 0 Å². The number of nitrogens with zero attached hydrogens (tertiary/aromatic N) is 1. The molecule has 4 atom stereocenters. The number of primary amides is 1. The van der Waals surface area contributed by atoms with Gasteiger partial charge in [0.05, 0.1) is 18.9 Å².